The van der Waals surface area contributed by atoms with Crippen LogP contribution >= 0.6 is 0 Å². The van der Waals surface area contributed by atoms with Crippen molar-refractivity contribution in [3.63, 3.8) is 0 Å². The van der Waals surface area contributed by atoms with Crippen LogP contribution < -0.4 is 5.32 Å². The van der Waals surface area contributed by atoms with E-state index in [1.54, 1.807) is 0 Å². The van der Waals surface area contributed by atoms with Gasteiger partial charge in [-0.1, -0.05) is 55.5 Å². The minimum atomic E-state index is -0.863. The summed E-state index contributed by atoms with van der Waals surface area (Å²) in [6.45, 7) is 2.17. The number of rotatable bonds is 7. The molecule has 136 valence electrons. The van der Waals surface area contributed by atoms with Crippen LogP contribution in [0.5, 0.6) is 0 Å². The molecule has 0 saturated heterocycles. The first-order valence-corrected chi connectivity index (χ1v) is 8.93. The van der Waals surface area contributed by atoms with Crippen molar-refractivity contribution in [3.8, 4) is 11.1 Å². The maximum atomic E-state index is 12.2. The molecule has 0 saturated carbocycles. The molecule has 0 spiro atoms. The Bertz CT molecular complexity index is 757. The molecule has 0 radical (unpaired) electrons. The highest BCUT2D eigenvalue weighted by Gasteiger charge is 2.29. The number of fused-ring (bicyclic) bond motifs is 3. The Morgan fingerprint density at radius 2 is 1.65 bits per heavy atom. The average Bonchev–Trinajstić information content (AvgIpc) is 2.97. The van der Waals surface area contributed by atoms with E-state index < -0.39 is 12.1 Å². The molecule has 3 rings (SSSR count). The zero-order valence-electron chi connectivity index (χ0n) is 14.8. The van der Waals surface area contributed by atoms with Crippen LogP contribution in [0.25, 0.3) is 11.1 Å². The molecule has 0 bridgehead atoms. The number of carboxylic acid groups (broad SMARTS) is 1. The topological polar surface area (TPSA) is 75.6 Å². The van der Waals surface area contributed by atoms with Crippen molar-refractivity contribution in [2.24, 2.45) is 0 Å². The molecular weight excluding hydrogens is 330 g/mol. The molecule has 5 heteroatoms. The van der Waals surface area contributed by atoms with Crippen molar-refractivity contribution < 1.29 is 19.4 Å². The maximum Gasteiger partial charge on any atom is 0.407 e. The first-order chi connectivity index (χ1) is 12.6. The number of alkyl carbamates (subject to hydrolysis) is 1. The monoisotopic (exact) mass is 353 g/mol. The van der Waals surface area contributed by atoms with Gasteiger partial charge in [-0.25, -0.2) is 4.79 Å². The van der Waals surface area contributed by atoms with Crippen molar-refractivity contribution in [2.75, 3.05) is 6.61 Å². The van der Waals surface area contributed by atoms with Gasteiger partial charge in [-0.3, -0.25) is 4.79 Å². The molecule has 1 amide bonds. The summed E-state index contributed by atoms with van der Waals surface area (Å²) >= 11 is 0. The molecule has 0 aromatic heterocycles. The van der Waals surface area contributed by atoms with Gasteiger partial charge in [0.1, 0.15) is 6.61 Å². The molecule has 0 aliphatic heterocycles. The van der Waals surface area contributed by atoms with Gasteiger partial charge in [0.15, 0.2) is 0 Å². The van der Waals surface area contributed by atoms with Gasteiger partial charge in [0, 0.05) is 18.4 Å². The third-order valence-electron chi connectivity index (χ3n) is 4.87. The van der Waals surface area contributed by atoms with Gasteiger partial charge in [-0.15, -0.1) is 0 Å². The van der Waals surface area contributed by atoms with Gasteiger partial charge >= 0.3 is 12.1 Å². The molecule has 0 heterocycles. The minimum absolute atomic E-state index is 0.0206. The van der Waals surface area contributed by atoms with Crippen LogP contribution in [0.3, 0.4) is 0 Å². The molecule has 2 N–H and O–H groups in total. The number of ether oxygens (including phenoxy) is 1. The van der Waals surface area contributed by atoms with Crippen LogP contribution in [0.1, 0.15) is 43.2 Å². The number of aliphatic carboxylic acids is 1. The third-order valence-corrected chi connectivity index (χ3v) is 4.87. The maximum absolute atomic E-state index is 12.2. The van der Waals surface area contributed by atoms with Gasteiger partial charge in [-0.05, 0) is 35.1 Å². The van der Waals surface area contributed by atoms with Crippen LogP contribution in [0.15, 0.2) is 48.5 Å². The first kappa shape index (κ1) is 18.0. The largest absolute Gasteiger partial charge is 0.481 e. The Kier molecular flexibility index (Phi) is 5.56. The highest BCUT2D eigenvalue weighted by Crippen LogP contribution is 2.44. The van der Waals surface area contributed by atoms with E-state index in [0.29, 0.717) is 12.8 Å². The summed E-state index contributed by atoms with van der Waals surface area (Å²) in [6, 6.07) is 16.2. The summed E-state index contributed by atoms with van der Waals surface area (Å²) in [5.41, 5.74) is 4.70. The highest BCUT2D eigenvalue weighted by molar-refractivity contribution is 5.79. The van der Waals surface area contributed by atoms with Crippen LogP contribution in [0.2, 0.25) is 0 Å². The Labute approximate surface area is 153 Å². The smallest absolute Gasteiger partial charge is 0.407 e. The number of hydrogen-bond acceptors (Lipinski definition) is 3. The molecule has 1 atom stereocenters. The van der Waals surface area contributed by atoms with Crippen molar-refractivity contribution in [2.45, 2.75) is 38.1 Å². The zero-order chi connectivity index (χ0) is 18.5. The van der Waals surface area contributed by atoms with Crippen LogP contribution in [-0.2, 0) is 9.53 Å². The second-order valence-corrected chi connectivity index (χ2v) is 6.51. The summed E-state index contributed by atoms with van der Waals surface area (Å²) in [7, 11) is 0. The highest BCUT2D eigenvalue weighted by atomic mass is 16.5. The third kappa shape index (κ3) is 3.87. The molecule has 1 aliphatic rings. The van der Waals surface area contributed by atoms with Crippen molar-refractivity contribution in [1.82, 2.24) is 5.32 Å². The number of hydrogen-bond donors (Lipinski definition) is 2. The molecule has 2 aromatic rings. The van der Waals surface area contributed by atoms with E-state index in [1.165, 1.54) is 22.3 Å². The van der Waals surface area contributed by atoms with E-state index >= 15 is 0 Å². The van der Waals surface area contributed by atoms with E-state index in [2.05, 4.69) is 29.6 Å². The number of carbonyl (C=O) groups excluding carboxylic acids is 1. The standard InChI is InChI=1S/C21H23NO4/c1-2-14(11-12-20(23)24)22-21(25)26-13-19-17-9-5-3-7-15(17)16-8-4-6-10-18(16)19/h3-10,14,19H,2,11-13H2,1H3,(H,22,25)(H,23,24). The second kappa shape index (κ2) is 8.04. The predicted molar refractivity (Wildman–Crippen MR) is 99.2 cm³/mol. The van der Waals surface area contributed by atoms with E-state index in [4.69, 9.17) is 9.84 Å². The first-order valence-electron chi connectivity index (χ1n) is 8.93. The van der Waals surface area contributed by atoms with Gasteiger partial charge < -0.3 is 15.2 Å². The second-order valence-electron chi connectivity index (χ2n) is 6.51. The molecular formula is C21H23NO4. The Morgan fingerprint density at radius 3 is 2.19 bits per heavy atom. The van der Waals surface area contributed by atoms with Crippen LogP contribution in [0, 0.1) is 0 Å². The average molecular weight is 353 g/mol. The predicted octanol–water partition coefficient (Wildman–Crippen LogP) is 4.17. The van der Waals surface area contributed by atoms with E-state index in [0.717, 1.165) is 0 Å². The summed E-state index contributed by atoms with van der Waals surface area (Å²) in [5, 5.41) is 11.6. The molecule has 2 aromatic carbocycles. The fourth-order valence-corrected chi connectivity index (χ4v) is 3.48. The lowest BCUT2D eigenvalue weighted by molar-refractivity contribution is -0.137. The van der Waals surface area contributed by atoms with E-state index in [1.807, 2.05) is 31.2 Å². The zero-order valence-corrected chi connectivity index (χ0v) is 14.8. The lowest BCUT2D eigenvalue weighted by Crippen LogP contribution is -2.35. The van der Waals surface area contributed by atoms with Crippen LogP contribution in [0.4, 0.5) is 4.79 Å². The Hall–Kier alpha value is -2.82. The van der Waals surface area contributed by atoms with Crippen LogP contribution in [-0.4, -0.2) is 29.8 Å². The lowest BCUT2D eigenvalue weighted by Gasteiger charge is -2.18. The normalized spacial score (nSPS) is 13.6. The van der Waals surface area contributed by atoms with Gasteiger partial charge in [0.25, 0.3) is 0 Å². The van der Waals surface area contributed by atoms with E-state index in [-0.39, 0.29) is 25.0 Å². The molecule has 1 aliphatic carbocycles. The summed E-state index contributed by atoms with van der Waals surface area (Å²) < 4.78 is 5.48. The summed E-state index contributed by atoms with van der Waals surface area (Å²) in [5.74, 6) is -0.843. The summed E-state index contributed by atoms with van der Waals surface area (Å²) in [6.07, 6.45) is 0.597. The quantitative estimate of drug-likeness (QED) is 0.783. The Morgan fingerprint density at radius 1 is 1.08 bits per heavy atom. The number of nitrogens with one attached hydrogen (secondary N) is 1. The van der Waals surface area contributed by atoms with Gasteiger partial charge in [0.2, 0.25) is 0 Å². The minimum Gasteiger partial charge on any atom is -0.481 e. The van der Waals surface area contributed by atoms with E-state index in [9.17, 15) is 9.59 Å². The fraction of sp³-hybridized carbons (Fsp3) is 0.333. The number of carbonyl (C=O) groups is 2. The molecule has 5 nitrogen and oxygen atoms in total. The van der Waals surface area contributed by atoms with Gasteiger partial charge in [0.05, 0.1) is 0 Å². The number of amides is 1. The van der Waals surface area contributed by atoms with Crippen molar-refractivity contribution in [3.05, 3.63) is 59.7 Å². The number of benzene rings is 2. The lowest BCUT2D eigenvalue weighted by atomic mass is 9.98. The van der Waals surface area contributed by atoms with Crippen molar-refractivity contribution in [1.29, 1.82) is 0 Å². The molecule has 0 fully saturated rings. The SMILES string of the molecule is CCC(CCC(=O)O)NC(=O)OCC1c2ccccc2-c2ccccc21. The summed E-state index contributed by atoms with van der Waals surface area (Å²) in [4.78, 5) is 22.9. The molecule has 26 heavy (non-hydrogen) atoms. The van der Waals surface area contributed by atoms with Crippen molar-refractivity contribution >= 4 is 12.1 Å². The number of carboxylic acids is 1. The molecule has 1 unspecified atom stereocenters. The Balaban J connectivity index is 1.64. The van der Waals surface area contributed by atoms with Gasteiger partial charge in [-0.2, -0.15) is 0 Å². The fourth-order valence-electron chi connectivity index (χ4n) is 3.48.